The van der Waals surface area contributed by atoms with Gasteiger partial charge in [-0.2, -0.15) is 0 Å². The molecule has 1 aromatic heterocycles. The van der Waals surface area contributed by atoms with E-state index in [0.717, 1.165) is 25.2 Å². The quantitative estimate of drug-likeness (QED) is 0.854. The number of hydrogen-bond donors (Lipinski definition) is 2. The molecule has 3 N–H and O–H groups in total. The van der Waals surface area contributed by atoms with Crippen LogP contribution in [0.5, 0.6) is 0 Å². The molecular weight excluding hydrogens is 290 g/mol. The van der Waals surface area contributed by atoms with E-state index in [1.165, 1.54) is 12.8 Å². The van der Waals surface area contributed by atoms with E-state index in [0.29, 0.717) is 23.1 Å². The minimum absolute atomic E-state index is 0.126. The number of nitrogens with two attached hydrogens (primary N) is 1. The fourth-order valence-electron chi connectivity index (χ4n) is 3.68. The average Bonchev–Trinajstić information content (AvgIpc) is 3.06. The van der Waals surface area contributed by atoms with Crippen molar-refractivity contribution in [2.24, 2.45) is 5.92 Å². The molecule has 1 atom stereocenters. The van der Waals surface area contributed by atoms with Crippen molar-refractivity contribution in [2.75, 3.05) is 25.4 Å². The first-order valence-corrected chi connectivity index (χ1v) is 8.18. The third kappa shape index (κ3) is 2.84. The first kappa shape index (κ1) is 14.3. The van der Waals surface area contributed by atoms with E-state index in [-0.39, 0.29) is 11.9 Å². The van der Waals surface area contributed by atoms with Gasteiger partial charge in [0, 0.05) is 23.8 Å². The van der Waals surface area contributed by atoms with Crippen molar-refractivity contribution >= 4 is 11.6 Å². The van der Waals surface area contributed by atoms with Gasteiger partial charge in [-0.1, -0.05) is 12.1 Å². The molecule has 3 aliphatic heterocycles. The minimum Gasteiger partial charge on any atom is -0.451 e. The van der Waals surface area contributed by atoms with Crippen LogP contribution in [0.15, 0.2) is 40.8 Å². The number of nitrogen functional groups attached to an aromatic ring is 1. The molecule has 4 heterocycles. The maximum atomic E-state index is 12.5. The lowest BCUT2D eigenvalue weighted by Gasteiger charge is -2.44. The van der Waals surface area contributed by atoms with Crippen molar-refractivity contribution in [1.82, 2.24) is 10.2 Å². The minimum atomic E-state index is -0.126. The van der Waals surface area contributed by atoms with Crippen LogP contribution in [-0.2, 0) is 0 Å². The molecule has 3 aliphatic rings. The number of benzene rings is 1. The standard InChI is InChI=1S/C18H21N3O2/c19-14-3-1-2-13(10-14)16-4-5-17(23-16)18(22)20-15-11-21-8-6-12(15)7-9-21/h1-5,10,12,15H,6-9,11,19H2,(H,20,22)/t15-/m0/s1. The molecule has 0 unspecified atom stereocenters. The molecule has 2 aromatic rings. The van der Waals surface area contributed by atoms with E-state index in [2.05, 4.69) is 10.2 Å². The van der Waals surface area contributed by atoms with Gasteiger partial charge in [0.25, 0.3) is 5.91 Å². The van der Waals surface area contributed by atoms with Crippen LogP contribution in [0.2, 0.25) is 0 Å². The van der Waals surface area contributed by atoms with E-state index < -0.39 is 0 Å². The van der Waals surface area contributed by atoms with Crippen molar-refractivity contribution in [3.05, 3.63) is 42.2 Å². The zero-order chi connectivity index (χ0) is 15.8. The van der Waals surface area contributed by atoms with Gasteiger partial charge in [0.15, 0.2) is 5.76 Å². The molecule has 0 radical (unpaired) electrons. The zero-order valence-electron chi connectivity index (χ0n) is 13.0. The normalized spacial score (nSPS) is 26.2. The fraction of sp³-hybridized carbons (Fsp3) is 0.389. The molecular formula is C18H21N3O2. The third-order valence-electron chi connectivity index (χ3n) is 4.97. The van der Waals surface area contributed by atoms with Gasteiger partial charge in [-0.15, -0.1) is 0 Å². The predicted molar refractivity (Wildman–Crippen MR) is 89.0 cm³/mol. The van der Waals surface area contributed by atoms with Crippen molar-refractivity contribution in [3.63, 3.8) is 0 Å². The van der Waals surface area contributed by atoms with Gasteiger partial charge in [-0.3, -0.25) is 4.79 Å². The van der Waals surface area contributed by atoms with Crippen molar-refractivity contribution in [1.29, 1.82) is 0 Å². The van der Waals surface area contributed by atoms with Gasteiger partial charge >= 0.3 is 0 Å². The highest BCUT2D eigenvalue weighted by atomic mass is 16.3. The van der Waals surface area contributed by atoms with Gasteiger partial charge in [0.05, 0.1) is 0 Å². The van der Waals surface area contributed by atoms with Crippen molar-refractivity contribution in [2.45, 2.75) is 18.9 Å². The number of hydrogen-bond acceptors (Lipinski definition) is 4. The molecule has 5 rings (SSSR count). The summed E-state index contributed by atoms with van der Waals surface area (Å²) in [5.74, 6) is 1.50. The lowest BCUT2D eigenvalue weighted by molar-refractivity contribution is 0.0606. The topological polar surface area (TPSA) is 71.5 Å². The Balaban J connectivity index is 1.47. The maximum absolute atomic E-state index is 12.5. The van der Waals surface area contributed by atoms with Gasteiger partial charge < -0.3 is 20.4 Å². The summed E-state index contributed by atoms with van der Waals surface area (Å²) in [6.45, 7) is 3.29. The summed E-state index contributed by atoms with van der Waals surface area (Å²) in [5, 5.41) is 3.14. The summed E-state index contributed by atoms with van der Waals surface area (Å²) >= 11 is 0. The second-order valence-corrected chi connectivity index (χ2v) is 6.51. The Hall–Kier alpha value is -2.27. The predicted octanol–water partition coefficient (Wildman–Crippen LogP) is 2.35. The molecule has 1 aromatic carbocycles. The van der Waals surface area contributed by atoms with Crippen molar-refractivity contribution < 1.29 is 9.21 Å². The summed E-state index contributed by atoms with van der Waals surface area (Å²) < 4.78 is 5.73. The highest BCUT2D eigenvalue weighted by molar-refractivity contribution is 5.92. The van der Waals surface area contributed by atoms with Crippen LogP contribution >= 0.6 is 0 Å². The molecule has 0 saturated carbocycles. The number of furan rings is 1. The lowest BCUT2D eigenvalue weighted by atomic mass is 9.84. The Morgan fingerprint density at radius 1 is 1.22 bits per heavy atom. The van der Waals surface area contributed by atoms with E-state index in [4.69, 9.17) is 10.2 Å². The number of rotatable bonds is 3. The summed E-state index contributed by atoms with van der Waals surface area (Å²) in [6, 6.07) is 11.3. The van der Waals surface area contributed by atoms with Gasteiger partial charge in [0.1, 0.15) is 5.76 Å². The number of nitrogens with one attached hydrogen (secondary N) is 1. The van der Waals surface area contributed by atoms with E-state index >= 15 is 0 Å². The molecule has 1 amide bonds. The molecule has 0 aliphatic carbocycles. The fourth-order valence-corrected chi connectivity index (χ4v) is 3.68. The summed E-state index contributed by atoms with van der Waals surface area (Å²) in [7, 11) is 0. The molecule has 3 saturated heterocycles. The summed E-state index contributed by atoms with van der Waals surface area (Å²) in [5.41, 5.74) is 7.35. The van der Waals surface area contributed by atoms with Gasteiger partial charge in [-0.05, 0) is 56.1 Å². The number of nitrogens with zero attached hydrogens (tertiary/aromatic N) is 1. The van der Waals surface area contributed by atoms with Crippen LogP contribution in [0.4, 0.5) is 5.69 Å². The van der Waals surface area contributed by atoms with Gasteiger partial charge in [-0.25, -0.2) is 0 Å². The van der Waals surface area contributed by atoms with Crippen LogP contribution < -0.4 is 11.1 Å². The van der Waals surface area contributed by atoms with Crippen LogP contribution in [0.25, 0.3) is 11.3 Å². The van der Waals surface area contributed by atoms with Crippen LogP contribution in [0.1, 0.15) is 23.4 Å². The van der Waals surface area contributed by atoms with Crippen LogP contribution in [0, 0.1) is 5.92 Å². The second-order valence-electron chi connectivity index (χ2n) is 6.51. The Labute approximate surface area is 135 Å². The maximum Gasteiger partial charge on any atom is 0.287 e. The number of fused-ring (bicyclic) bond motifs is 3. The Kier molecular flexibility index (Phi) is 3.58. The molecule has 5 heteroatoms. The molecule has 23 heavy (non-hydrogen) atoms. The lowest BCUT2D eigenvalue weighted by Crippen LogP contribution is -2.57. The van der Waals surface area contributed by atoms with Crippen molar-refractivity contribution in [3.8, 4) is 11.3 Å². The summed E-state index contributed by atoms with van der Waals surface area (Å²) in [6.07, 6.45) is 2.36. The van der Waals surface area contributed by atoms with E-state index in [1.807, 2.05) is 30.3 Å². The van der Waals surface area contributed by atoms with Crippen LogP contribution in [-0.4, -0.2) is 36.5 Å². The number of amides is 1. The number of anilines is 1. The highest BCUT2D eigenvalue weighted by Gasteiger charge is 2.35. The number of piperidine rings is 3. The Morgan fingerprint density at radius 3 is 2.74 bits per heavy atom. The molecule has 0 spiro atoms. The molecule has 5 nitrogen and oxygen atoms in total. The smallest absolute Gasteiger partial charge is 0.287 e. The molecule has 120 valence electrons. The zero-order valence-corrected chi connectivity index (χ0v) is 13.0. The average molecular weight is 311 g/mol. The largest absolute Gasteiger partial charge is 0.451 e. The Bertz CT molecular complexity index is 717. The number of carbonyl (C=O) groups is 1. The first-order valence-electron chi connectivity index (χ1n) is 8.18. The first-order chi connectivity index (χ1) is 11.2. The van der Waals surface area contributed by atoms with E-state index in [9.17, 15) is 4.79 Å². The second kappa shape index (κ2) is 5.74. The number of carbonyl (C=O) groups excluding carboxylic acids is 1. The SMILES string of the molecule is Nc1cccc(-c2ccc(C(=O)N[C@H]3CN4CCC3CC4)o2)c1. The monoisotopic (exact) mass is 311 g/mol. The Morgan fingerprint density at radius 2 is 2.04 bits per heavy atom. The third-order valence-corrected chi connectivity index (χ3v) is 4.97. The molecule has 3 fully saturated rings. The van der Waals surface area contributed by atoms with Gasteiger partial charge in [0.2, 0.25) is 0 Å². The summed E-state index contributed by atoms with van der Waals surface area (Å²) in [4.78, 5) is 14.9. The highest BCUT2D eigenvalue weighted by Crippen LogP contribution is 2.28. The van der Waals surface area contributed by atoms with E-state index in [1.54, 1.807) is 6.07 Å². The van der Waals surface area contributed by atoms with Crippen LogP contribution in [0.3, 0.4) is 0 Å². The molecule has 2 bridgehead atoms.